The minimum atomic E-state index is -0.433. The van der Waals surface area contributed by atoms with Gasteiger partial charge in [-0.2, -0.15) is 0 Å². The number of carbonyl (C=O) groups excluding carboxylic acids is 2. The molecule has 3 aromatic rings. The molecular weight excluding hydrogens is 538 g/mol. The Balaban J connectivity index is 1.25. The van der Waals surface area contributed by atoms with Crippen molar-refractivity contribution in [3.05, 3.63) is 102 Å². The van der Waals surface area contributed by atoms with E-state index in [4.69, 9.17) is 19.6 Å². The molecule has 0 amide bonds. The van der Waals surface area contributed by atoms with Gasteiger partial charge in [0, 0.05) is 24.1 Å². The van der Waals surface area contributed by atoms with E-state index in [1.54, 1.807) is 18.3 Å². The summed E-state index contributed by atoms with van der Waals surface area (Å²) in [6.07, 6.45) is 11.1. The Morgan fingerprint density at radius 3 is 2.14 bits per heavy atom. The van der Waals surface area contributed by atoms with Crippen molar-refractivity contribution in [2.45, 2.75) is 76.2 Å². The molecule has 0 spiro atoms. The fourth-order valence-electron chi connectivity index (χ4n) is 5.57. The van der Waals surface area contributed by atoms with Crippen LogP contribution in [-0.2, 0) is 26.1 Å². The van der Waals surface area contributed by atoms with Gasteiger partial charge in [0.15, 0.2) is 0 Å². The lowest BCUT2D eigenvalue weighted by atomic mass is 9.69. The molecule has 0 atom stereocenters. The zero-order valence-electron chi connectivity index (χ0n) is 25.2. The van der Waals surface area contributed by atoms with E-state index in [0.29, 0.717) is 18.6 Å². The first-order valence-corrected chi connectivity index (χ1v) is 15.4. The lowest BCUT2D eigenvalue weighted by Gasteiger charge is -2.37. The maximum atomic E-state index is 12.9. The molecule has 1 aliphatic rings. The first-order chi connectivity index (χ1) is 21.0. The molecule has 0 unspecified atom stereocenters. The van der Waals surface area contributed by atoms with E-state index in [0.717, 1.165) is 55.1 Å². The fraction of sp³-hybridized carbons (Fsp3) is 0.378. The summed E-state index contributed by atoms with van der Waals surface area (Å²) < 4.78 is 16.5. The molecule has 6 nitrogen and oxygen atoms in total. The Bertz CT molecular complexity index is 1340. The molecule has 0 aromatic heterocycles. The highest BCUT2D eigenvalue weighted by molar-refractivity contribution is 5.90. The Morgan fingerprint density at radius 2 is 1.53 bits per heavy atom. The van der Waals surface area contributed by atoms with Gasteiger partial charge < -0.3 is 19.6 Å². The summed E-state index contributed by atoms with van der Waals surface area (Å²) in [7, 11) is 0. The Labute approximate surface area is 255 Å². The summed E-state index contributed by atoms with van der Waals surface area (Å²) in [5.41, 5.74) is 4.79. The van der Waals surface area contributed by atoms with Crippen LogP contribution in [-0.4, -0.2) is 37.5 Å². The number of esters is 2. The third kappa shape index (κ3) is 8.90. The summed E-state index contributed by atoms with van der Waals surface area (Å²) in [6, 6.07) is 24.0. The van der Waals surface area contributed by atoms with E-state index >= 15 is 0 Å². The van der Waals surface area contributed by atoms with Gasteiger partial charge in [0.05, 0.1) is 18.8 Å². The van der Waals surface area contributed by atoms with Crippen LogP contribution in [0.3, 0.4) is 0 Å². The summed E-state index contributed by atoms with van der Waals surface area (Å²) in [6.45, 7) is 6.32. The maximum absolute atomic E-state index is 12.9. The molecule has 0 radical (unpaired) electrons. The monoisotopic (exact) mass is 581 g/mol. The second kappa shape index (κ2) is 15.9. The summed E-state index contributed by atoms with van der Waals surface area (Å²) in [5, 5.41) is 8.22. The number of unbranched alkanes of at least 4 members (excludes halogenated alkanes) is 2. The van der Waals surface area contributed by atoms with E-state index in [1.807, 2.05) is 36.4 Å². The highest BCUT2D eigenvalue weighted by Gasteiger charge is 2.36. The predicted molar refractivity (Wildman–Crippen MR) is 171 cm³/mol. The van der Waals surface area contributed by atoms with E-state index in [2.05, 4.69) is 37.8 Å². The first kappa shape index (κ1) is 31.7. The van der Waals surface area contributed by atoms with Gasteiger partial charge in [-0.15, -0.1) is 0 Å². The molecular formula is C37H43NO5. The Morgan fingerprint density at radius 1 is 0.884 bits per heavy atom. The number of nitrogens with one attached hydrogen (secondary N) is 1. The van der Waals surface area contributed by atoms with E-state index in [-0.39, 0.29) is 24.1 Å². The predicted octanol–water partition coefficient (Wildman–Crippen LogP) is 8.27. The largest absolute Gasteiger partial charge is 0.493 e. The minimum absolute atomic E-state index is 0.143. The number of carbonyl (C=O) groups is 2. The topological polar surface area (TPSA) is 85.7 Å². The second-order valence-corrected chi connectivity index (χ2v) is 11.2. The van der Waals surface area contributed by atoms with Crippen LogP contribution in [0.4, 0.5) is 0 Å². The molecule has 226 valence electrons. The van der Waals surface area contributed by atoms with Crippen molar-refractivity contribution in [1.82, 2.24) is 0 Å². The summed E-state index contributed by atoms with van der Waals surface area (Å²) in [5.74, 6) is -0.00594. The molecule has 1 fully saturated rings. The van der Waals surface area contributed by atoms with Crippen LogP contribution < -0.4 is 4.74 Å². The van der Waals surface area contributed by atoms with Gasteiger partial charge in [0.1, 0.15) is 11.9 Å². The van der Waals surface area contributed by atoms with Gasteiger partial charge in [-0.3, -0.25) is 0 Å². The molecule has 1 aliphatic carbocycles. The van der Waals surface area contributed by atoms with Crippen molar-refractivity contribution in [3.8, 4) is 16.9 Å². The van der Waals surface area contributed by atoms with Crippen LogP contribution in [0.5, 0.6) is 5.75 Å². The zero-order valence-corrected chi connectivity index (χ0v) is 25.2. The molecule has 0 aliphatic heterocycles. The van der Waals surface area contributed by atoms with Crippen LogP contribution in [0.15, 0.2) is 85.5 Å². The van der Waals surface area contributed by atoms with Crippen LogP contribution in [0.2, 0.25) is 0 Å². The molecule has 1 N–H and O–H groups in total. The number of ether oxygens (including phenoxy) is 3. The van der Waals surface area contributed by atoms with Crippen LogP contribution >= 0.6 is 0 Å². The third-order valence-corrected chi connectivity index (χ3v) is 8.25. The normalized spacial score (nSPS) is 17.9. The quantitative estimate of drug-likeness (QED) is 0.0845. The molecule has 6 heteroatoms. The third-order valence-electron chi connectivity index (χ3n) is 8.25. The SMILES string of the molecule is C=CC(=O)OCCCOc1ccc(-c2ccc(C(=O)OC3CCC(C=N)(c4ccc(CCCCC)cc4)CC3)cc2)cc1. The molecule has 0 bridgehead atoms. The molecule has 0 heterocycles. The maximum Gasteiger partial charge on any atom is 0.338 e. The highest BCUT2D eigenvalue weighted by Crippen LogP contribution is 2.39. The van der Waals surface area contributed by atoms with Gasteiger partial charge in [0.2, 0.25) is 0 Å². The lowest BCUT2D eigenvalue weighted by molar-refractivity contribution is -0.137. The first-order valence-electron chi connectivity index (χ1n) is 15.4. The molecule has 43 heavy (non-hydrogen) atoms. The molecule has 1 saturated carbocycles. The van der Waals surface area contributed by atoms with Crippen LogP contribution in [0, 0.1) is 5.41 Å². The summed E-state index contributed by atoms with van der Waals surface area (Å²) in [4.78, 5) is 24.0. The number of aryl methyl sites for hydroxylation is 1. The summed E-state index contributed by atoms with van der Waals surface area (Å²) >= 11 is 0. The van der Waals surface area contributed by atoms with Crippen molar-refractivity contribution in [2.24, 2.45) is 0 Å². The number of hydrogen-bond acceptors (Lipinski definition) is 6. The van der Waals surface area contributed by atoms with Gasteiger partial charge in [-0.05, 0) is 85.0 Å². The van der Waals surface area contributed by atoms with Crippen molar-refractivity contribution in [2.75, 3.05) is 13.2 Å². The fourth-order valence-corrected chi connectivity index (χ4v) is 5.57. The molecule has 3 aromatic carbocycles. The van der Waals surface area contributed by atoms with Crippen molar-refractivity contribution in [1.29, 1.82) is 5.41 Å². The minimum Gasteiger partial charge on any atom is -0.493 e. The average molecular weight is 582 g/mol. The van der Waals surface area contributed by atoms with Gasteiger partial charge >= 0.3 is 11.9 Å². The molecule has 4 rings (SSSR count). The van der Waals surface area contributed by atoms with Gasteiger partial charge in [0.25, 0.3) is 0 Å². The standard InChI is InChI=1S/C37H43NO5/c1-3-5-6-8-28-9-17-32(18-10-28)37(27-38)23-21-34(22-24-37)43-36(40)31-13-11-29(12-14-31)30-15-19-33(20-16-30)41-25-7-26-42-35(39)4-2/h4,9-20,27,34,38H,2-3,5-8,21-26H2,1H3. The van der Waals surface area contributed by atoms with E-state index < -0.39 is 5.97 Å². The van der Waals surface area contributed by atoms with Crippen LogP contribution in [0.25, 0.3) is 11.1 Å². The van der Waals surface area contributed by atoms with Crippen molar-refractivity contribution < 1.29 is 23.8 Å². The average Bonchev–Trinajstić information content (AvgIpc) is 3.06. The highest BCUT2D eigenvalue weighted by atomic mass is 16.5. The zero-order chi connectivity index (χ0) is 30.5. The van der Waals surface area contributed by atoms with Crippen LogP contribution in [0.1, 0.15) is 79.8 Å². The Hall–Kier alpha value is -4.19. The van der Waals surface area contributed by atoms with Crippen molar-refractivity contribution >= 4 is 18.2 Å². The number of benzene rings is 3. The second-order valence-electron chi connectivity index (χ2n) is 11.2. The molecule has 0 saturated heterocycles. The smallest absolute Gasteiger partial charge is 0.338 e. The number of hydrogen-bond donors (Lipinski definition) is 1. The van der Waals surface area contributed by atoms with Gasteiger partial charge in [-0.25, -0.2) is 9.59 Å². The van der Waals surface area contributed by atoms with E-state index in [1.165, 1.54) is 30.4 Å². The van der Waals surface area contributed by atoms with Gasteiger partial charge in [-0.1, -0.05) is 74.9 Å². The Kier molecular flexibility index (Phi) is 11.7. The number of rotatable bonds is 15. The van der Waals surface area contributed by atoms with Crippen molar-refractivity contribution in [3.63, 3.8) is 0 Å². The lowest BCUT2D eigenvalue weighted by Crippen LogP contribution is -2.36. The van der Waals surface area contributed by atoms with E-state index in [9.17, 15) is 9.59 Å².